The molecule has 0 spiro atoms. The third-order valence-corrected chi connectivity index (χ3v) is 3.17. The van der Waals surface area contributed by atoms with Gasteiger partial charge in [-0.3, -0.25) is 14.5 Å². The summed E-state index contributed by atoms with van der Waals surface area (Å²) >= 11 is 3.29. The van der Waals surface area contributed by atoms with Gasteiger partial charge in [0.1, 0.15) is 0 Å². The first-order valence-electron chi connectivity index (χ1n) is 5.25. The fourth-order valence-corrected chi connectivity index (χ4v) is 2.38. The Balaban J connectivity index is 2.43. The molecular formula is C12H13BrN2O2. The van der Waals surface area contributed by atoms with Gasteiger partial charge in [-0.15, -0.1) is 0 Å². The van der Waals surface area contributed by atoms with Crippen molar-refractivity contribution in [3.05, 3.63) is 33.8 Å². The van der Waals surface area contributed by atoms with Crippen LogP contribution in [0.4, 0.5) is 0 Å². The normalized spacial score (nSPS) is 15.4. The van der Waals surface area contributed by atoms with E-state index in [0.29, 0.717) is 15.6 Å². The van der Waals surface area contributed by atoms with Gasteiger partial charge in [-0.1, -0.05) is 6.07 Å². The molecule has 0 aliphatic carbocycles. The van der Waals surface area contributed by atoms with Crippen molar-refractivity contribution < 1.29 is 9.59 Å². The summed E-state index contributed by atoms with van der Waals surface area (Å²) in [5.74, 6) is -0.555. The van der Waals surface area contributed by atoms with Crippen molar-refractivity contribution in [2.75, 3.05) is 6.54 Å². The highest BCUT2D eigenvalue weighted by Gasteiger charge is 2.38. The van der Waals surface area contributed by atoms with E-state index in [0.717, 1.165) is 0 Å². The van der Waals surface area contributed by atoms with Gasteiger partial charge in [-0.25, -0.2) is 0 Å². The van der Waals surface area contributed by atoms with Crippen molar-refractivity contribution in [3.63, 3.8) is 0 Å². The van der Waals surface area contributed by atoms with Crippen LogP contribution < -0.4 is 5.73 Å². The van der Waals surface area contributed by atoms with Gasteiger partial charge in [0.25, 0.3) is 11.8 Å². The molecule has 5 heteroatoms. The number of fused-ring (bicyclic) bond motifs is 1. The highest BCUT2D eigenvalue weighted by molar-refractivity contribution is 9.10. The van der Waals surface area contributed by atoms with Crippen LogP contribution in [0.3, 0.4) is 0 Å². The maximum atomic E-state index is 12.1. The Bertz CT molecular complexity index is 506. The second-order valence-corrected chi connectivity index (χ2v) is 5.70. The summed E-state index contributed by atoms with van der Waals surface area (Å²) in [5, 5.41) is 0. The molecule has 0 saturated carbocycles. The molecule has 2 amide bonds. The summed E-state index contributed by atoms with van der Waals surface area (Å²) < 4.78 is 0.644. The van der Waals surface area contributed by atoms with E-state index in [1.165, 1.54) is 4.90 Å². The molecular weight excluding hydrogens is 284 g/mol. The molecule has 0 bridgehead atoms. The Labute approximate surface area is 108 Å². The summed E-state index contributed by atoms with van der Waals surface area (Å²) in [5.41, 5.74) is 6.13. The van der Waals surface area contributed by atoms with Gasteiger partial charge in [0, 0.05) is 16.6 Å². The van der Waals surface area contributed by atoms with Crippen LogP contribution in [0, 0.1) is 0 Å². The van der Waals surface area contributed by atoms with Crippen LogP contribution in [-0.4, -0.2) is 28.8 Å². The van der Waals surface area contributed by atoms with Crippen molar-refractivity contribution in [1.29, 1.82) is 0 Å². The van der Waals surface area contributed by atoms with Crippen LogP contribution >= 0.6 is 15.9 Å². The molecule has 0 atom stereocenters. The summed E-state index contributed by atoms with van der Waals surface area (Å²) in [4.78, 5) is 25.4. The largest absolute Gasteiger partial charge is 0.324 e. The smallest absolute Gasteiger partial charge is 0.262 e. The predicted octanol–water partition coefficient (Wildman–Crippen LogP) is 1.78. The van der Waals surface area contributed by atoms with Crippen molar-refractivity contribution in [2.24, 2.45) is 5.73 Å². The van der Waals surface area contributed by atoms with E-state index in [2.05, 4.69) is 15.9 Å². The number of carbonyl (C=O) groups is 2. The molecule has 2 N–H and O–H groups in total. The molecule has 90 valence electrons. The molecule has 1 aromatic carbocycles. The average molecular weight is 297 g/mol. The van der Waals surface area contributed by atoms with Gasteiger partial charge < -0.3 is 5.73 Å². The minimum atomic E-state index is -0.597. The number of benzene rings is 1. The maximum Gasteiger partial charge on any atom is 0.262 e. The fourth-order valence-electron chi connectivity index (χ4n) is 1.84. The second kappa shape index (κ2) is 3.92. The number of nitrogens with zero attached hydrogens (tertiary/aromatic N) is 1. The second-order valence-electron chi connectivity index (χ2n) is 4.85. The first kappa shape index (κ1) is 12.3. The summed E-state index contributed by atoms with van der Waals surface area (Å²) in [6.07, 6.45) is 0. The molecule has 17 heavy (non-hydrogen) atoms. The lowest BCUT2D eigenvalue weighted by atomic mass is 10.1. The number of carbonyl (C=O) groups excluding carboxylic acids is 2. The molecule has 1 heterocycles. The zero-order valence-electron chi connectivity index (χ0n) is 9.66. The van der Waals surface area contributed by atoms with Crippen molar-refractivity contribution >= 4 is 27.7 Å². The number of hydrogen-bond acceptors (Lipinski definition) is 3. The third-order valence-electron chi connectivity index (χ3n) is 2.51. The van der Waals surface area contributed by atoms with E-state index in [-0.39, 0.29) is 18.4 Å². The van der Waals surface area contributed by atoms with Gasteiger partial charge in [-0.2, -0.15) is 0 Å². The predicted molar refractivity (Wildman–Crippen MR) is 67.8 cm³/mol. The molecule has 1 aliphatic rings. The van der Waals surface area contributed by atoms with Gasteiger partial charge in [-0.05, 0) is 41.9 Å². The third kappa shape index (κ3) is 2.12. The number of amides is 2. The lowest BCUT2D eigenvalue weighted by molar-refractivity contribution is 0.0625. The fraction of sp³-hybridized carbons (Fsp3) is 0.333. The quantitative estimate of drug-likeness (QED) is 0.846. The van der Waals surface area contributed by atoms with Crippen molar-refractivity contribution in [1.82, 2.24) is 4.90 Å². The van der Waals surface area contributed by atoms with Crippen LogP contribution in [0.1, 0.15) is 34.6 Å². The maximum absolute atomic E-state index is 12.1. The Hall–Kier alpha value is -1.20. The summed E-state index contributed by atoms with van der Waals surface area (Å²) in [6, 6.07) is 5.15. The van der Waals surface area contributed by atoms with Crippen LogP contribution in [0.2, 0.25) is 0 Å². The molecule has 0 radical (unpaired) electrons. The van der Waals surface area contributed by atoms with E-state index < -0.39 is 5.54 Å². The standard InChI is InChI=1S/C12H13BrN2O2/c1-12(2,14)6-15-10(16)7-4-3-5-8(13)9(7)11(15)17/h3-5H,6,14H2,1-2H3. The van der Waals surface area contributed by atoms with Crippen LogP contribution in [0.15, 0.2) is 22.7 Å². The lowest BCUT2D eigenvalue weighted by Crippen LogP contribution is -2.47. The summed E-state index contributed by atoms with van der Waals surface area (Å²) in [6.45, 7) is 3.78. The first-order valence-corrected chi connectivity index (χ1v) is 6.04. The van der Waals surface area contributed by atoms with Gasteiger partial charge in [0.15, 0.2) is 0 Å². The molecule has 1 aliphatic heterocycles. The molecule has 2 rings (SSSR count). The molecule has 0 saturated heterocycles. The van der Waals surface area contributed by atoms with E-state index in [9.17, 15) is 9.59 Å². The lowest BCUT2D eigenvalue weighted by Gasteiger charge is -2.24. The van der Waals surface area contributed by atoms with Crippen LogP contribution in [0.25, 0.3) is 0 Å². The first-order chi connectivity index (χ1) is 7.81. The molecule has 1 aromatic rings. The minimum Gasteiger partial charge on any atom is -0.324 e. The van der Waals surface area contributed by atoms with Gasteiger partial charge >= 0.3 is 0 Å². The molecule has 0 fully saturated rings. The highest BCUT2D eigenvalue weighted by atomic mass is 79.9. The van der Waals surface area contributed by atoms with E-state index in [1.807, 2.05) is 0 Å². The minimum absolute atomic E-state index is 0.214. The van der Waals surface area contributed by atoms with Gasteiger partial charge in [0.2, 0.25) is 0 Å². The molecule has 4 nitrogen and oxygen atoms in total. The zero-order chi connectivity index (χ0) is 12.8. The number of rotatable bonds is 2. The van der Waals surface area contributed by atoms with E-state index in [4.69, 9.17) is 5.73 Å². The molecule has 0 unspecified atom stereocenters. The van der Waals surface area contributed by atoms with Crippen molar-refractivity contribution in [2.45, 2.75) is 19.4 Å². The topological polar surface area (TPSA) is 63.4 Å². The average Bonchev–Trinajstić information content (AvgIpc) is 2.43. The van der Waals surface area contributed by atoms with Gasteiger partial charge in [0.05, 0.1) is 11.1 Å². The van der Waals surface area contributed by atoms with Crippen molar-refractivity contribution in [3.8, 4) is 0 Å². The van der Waals surface area contributed by atoms with Crippen LogP contribution in [0.5, 0.6) is 0 Å². The zero-order valence-corrected chi connectivity index (χ0v) is 11.2. The number of nitrogens with two attached hydrogens (primary N) is 1. The number of halogens is 1. The van der Waals surface area contributed by atoms with Crippen LogP contribution in [-0.2, 0) is 0 Å². The summed E-state index contributed by atoms with van der Waals surface area (Å²) in [7, 11) is 0. The Kier molecular flexibility index (Phi) is 2.83. The molecule has 0 aromatic heterocycles. The Morgan fingerprint density at radius 2 is 1.94 bits per heavy atom. The Morgan fingerprint density at radius 1 is 1.29 bits per heavy atom. The monoisotopic (exact) mass is 296 g/mol. The number of hydrogen-bond donors (Lipinski definition) is 1. The van der Waals surface area contributed by atoms with E-state index >= 15 is 0 Å². The van der Waals surface area contributed by atoms with E-state index in [1.54, 1.807) is 32.0 Å². The highest BCUT2D eigenvalue weighted by Crippen LogP contribution is 2.29. The Morgan fingerprint density at radius 3 is 2.47 bits per heavy atom. The SMILES string of the molecule is CC(C)(N)CN1C(=O)c2cccc(Br)c2C1=O. The number of imide groups is 1.